The van der Waals surface area contributed by atoms with Crippen LogP contribution in [0.4, 0.5) is 8.78 Å². The van der Waals surface area contributed by atoms with Gasteiger partial charge in [-0.25, -0.2) is 8.78 Å². The Morgan fingerprint density at radius 2 is 2.00 bits per heavy atom. The lowest BCUT2D eigenvalue weighted by Gasteiger charge is -2.30. The van der Waals surface area contributed by atoms with Gasteiger partial charge in [-0.1, -0.05) is 6.07 Å². The fraction of sp³-hybridized carbons (Fsp3) is 0.250. The van der Waals surface area contributed by atoms with Gasteiger partial charge in [-0.15, -0.1) is 0 Å². The van der Waals surface area contributed by atoms with Gasteiger partial charge in [0, 0.05) is 18.0 Å². The maximum Gasteiger partial charge on any atom is 0.165 e. The van der Waals surface area contributed by atoms with Gasteiger partial charge in [0.2, 0.25) is 0 Å². The highest BCUT2D eigenvalue weighted by atomic mass is 19.1. The SMILES string of the molecule is COc1ccc(C2C[C@H](N)c3cc(F)ccc3O2)cc1F. The van der Waals surface area contributed by atoms with Crippen molar-refractivity contribution >= 4 is 0 Å². The molecule has 0 saturated carbocycles. The highest BCUT2D eigenvalue weighted by Crippen LogP contribution is 2.40. The molecule has 5 heteroatoms. The molecule has 0 fully saturated rings. The summed E-state index contributed by atoms with van der Waals surface area (Å²) in [5, 5.41) is 0. The van der Waals surface area contributed by atoms with E-state index in [2.05, 4.69) is 0 Å². The first-order chi connectivity index (χ1) is 10.1. The van der Waals surface area contributed by atoms with Crippen LogP contribution in [0, 0.1) is 11.6 Å². The number of nitrogens with two attached hydrogens (primary N) is 1. The third-order valence-corrected chi connectivity index (χ3v) is 3.66. The van der Waals surface area contributed by atoms with Crippen LogP contribution in [-0.4, -0.2) is 7.11 Å². The number of hydrogen-bond acceptors (Lipinski definition) is 3. The van der Waals surface area contributed by atoms with Crippen molar-refractivity contribution in [1.29, 1.82) is 0 Å². The van der Waals surface area contributed by atoms with Crippen molar-refractivity contribution in [3.63, 3.8) is 0 Å². The van der Waals surface area contributed by atoms with Crippen LogP contribution in [-0.2, 0) is 0 Å². The third kappa shape index (κ3) is 2.56. The van der Waals surface area contributed by atoms with E-state index in [-0.39, 0.29) is 23.7 Å². The molecule has 2 N–H and O–H groups in total. The number of hydrogen-bond donors (Lipinski definition) is 1. The average Bonchev–Trinajstić information content (AvgIpc) is 2.47. The molecule has 3 rings (SSSR count). The summed E-state index contributed by atoms with van der Waals surface area (Å²) in [5.74, 6) is -0.0727. The van der Waals surface area contributed by atoms with Crippen molar-refractivity contribution < 1.29 is 18.3 Å². The van der Waals surface area contributed by atoms with Crippen molar-refractivity contribution in [3.8, 4) is 11.5 Å². The van der Waals surface area contributed by atoms with Crippen LogP contribution in [0.5, 0.6) is 11.5 Å². The van der Waals surface area contributed by atoms with Crippen molar-refractivity contribution in [2.24, 2.45) is 5.73 Å². The van der Waals surface area contributed by atoms with Gasteiger partial charge in [-0.2, -0.15) is 0 Å². The predicted octanol–water partition coefficient (Wildman–Crippen LogP) is 3.50. The zero-order valence-electron chi connectivity index (χ0n) is 11.5. The number of halogens is 2. The summed E-state index contributed by atoms with van der Waals surface area (Å²) >= 11 is 0. The zero-order valence-corrected chi connectivity index (χ0v) is 11.5. The molecule has 2 aromatic carbocycles. The van der Waals surface area contributed by atoms with Gasteiger partial charge in [0.1, 0.15) is 17.7 Å². The monoisotopic (exact) mass is 291 g/mol. The zero-order chi connectivity index (χ0) is 15.0. The van der Waals surface area contributed by atoms with E-state index in [0.717, 1.165) is 0 Å². The van der Waals surface area contributed by atoms with Crippen molar-refractivity contribution in [1.82, 2.24) is 0 Å². The van der Waals surface area contributed by atoms with Crippen LogP contribution >= 0.6 is 0 Å². The Kier molecular flexibility index (Phi) is 3.51. The minimum absolute atomic E-state index is 0.182. The fourth-order valence-electron chi connectivity index (χ4n) is 2.56. The van der Waals surface area contributed by atoms with Gasteiger partial charge in [-0.3, -0.25) is 0 Å². The van der Waals surface area contributed by atoms with E-state index in [1.807, 2.05) is 0 Å². The van der Waals surface area contributed by atoms with E-state index in [9.17, 15) is 8.78 Å². The van der Waals surface area contributed by atoms with Crippen molar-refractivity contribution in [2.75, 3.05) is 7.11 Å². The average molecular weight is 291 g/mol. The van der Waals surface area contributed by atoms with Crippen LogP contribution in [0.1, 0.15) is 29.7 Å². The summed E-state index contributed by atoms with van der Waals surface area (Å²) in [6, 6.07) is 8.59. The maximum absolute atomic E-state index is 13.8. The van der Waals surface area contributed by atoms with Crippen LogP contribution < -0.4 is 15.2 Å². The molecule has 2 aromatic rings. The summed E-state index contributed by atoms with van der Waals surface area (Å²) in [6.45, 7) is 0. The van der Waals surface area contributed by atoms with Gasteiger partial charge < -0.3 is 15.2 Å². The van der Waals surface area contributed by atoms with Gasteiger partial charge in [-0.05, 0) is 35.9 Å². The number of methoxy groups -OCH3 is 1. The van der Waals surface area contributed by atoms with Gasteiger partial charge in [0.25, 0.3) is 0 Å². The van der Waals surface area contributed by atoms with Crippen LogP contribution in [0.3, 0.4) is 0 Å². The Labute approximate surface area is 121 Å². The topological polar surface area (TPSA) is 44.5 Å². The summed E-state index contributed by atoms with van der Waals surface area (Å²) < 4.78 is 37.8. The Bertz CT molecular complexity index is 675. The molecule has 0 aromatic heterocycles. The molecule has 1 unspecified atom stereocenters. The normalized spacial score (nSPS) is 20.6. The largest absolute Gasteiger partial charge is 0.494 e. The molecule has 0 aliphatic carbocycles. The second kappa shape index (κ2) is 5.33. The standard InChI is InChI=1S/C16H15F2NO2/c1-20-15-4-2-9(6-12(15)18)16-8-13(19)11-7-10(17)3-5-14(11)21-16/h2-7,13,16H,8,19H2,1H3/t13-,16?/m0/s1. The molecular formula is C16H15F2NO2. The fourth-order valence-corrected chi connectivity index (χ4v) is 2.56. The maximum atomic E-state index is 13.8. The molecule has 0 radical (unpaired) electrons. The Balaban J connectivity index is 1.92. The number of benzene rings is 2. The van der Waals surface area contributed by atoms with Crippen LogP contribution in [0.15, 0.2) is 36.4 Å². The molecule has 1 heterocycles. The van der Waals surface area contributed by atoms with Gasteiger partial charge in [0.15, 0.2) is 11.6 Å². The first-order valence-corrected chi connectivity index (χ1v) is 6.63. The summed E-state index contributed by atoms with van der Waals surface area (Å²) in [4.78, 5) is 0. The third-order valence-electron chi connectivity index (χ3n) is 3.66. The highest BCUT2D eigenvalue weighted by molar-refractivity contribution is 5.40. The van der Waals surface area contributed by atoms with E-state index in [4.69, 9.17) is 15.2 Å². The van der Waals surface area contributed by atoms with Crippen molar-refractivity contribution in [3.05, 3.63) is 59.2 Å². The quantitative estimate of drug-likeness (QED) is 0.921. The molecule has 1 aliphatic rings. The van der Waals surface area contributed by atoms with E-state index < -0.39 is 5.82 Å². The predicted molar refractivity (Wildman–Crippen MR) is 74.3 cm³/mol. The molecule has 21 heavy (non-hydrogen) atoms. The molecular weight excluding hydrogens is 276 g/mol. The first-order valence-electron chi connectivity index (χ1n) is 6.63. The van der Waals surface area contributed by atoms with Crippen molar-refractivity contribution in [2.45, 2.75) is 18.6 Å². The molecule has 0 spiro atoms. The Hall–Kier alpha value is -2.14. The Morgan fingerprint density at radius 3 is 2.71 bits per heavy atom. The first kappa shape index (κ1) is 13.8. The minimum atomic E-state index is -0.447. The summed E-state index contributed by atoms with van der Waals surface area (Å²) in [5.41, 5.74) is 7.39. The molecule has 0 saturated heterocycles. The van der Waals surface area contributed by atoms with E-state index in [1.165, 1.54) is 25.3 Å². The summed E-state index contributed by atoms with van der Waals surface area (Å²) in [7, 11) is 1.41. The van der Waals surface area contributed by atoms with Crippen LogP contribution in [0.2, 0.25) is 0 Å². The van der Waals surface area contributed by atoms with E-state index >= 15 is 0 Å². The van der Waals surface area contributed by atoms with Gasteiger partial charge >= 0.3 is 0 Å². The molecule has 2 atom stereocenters. The number of fused-ring (bicyclic) bond motifs is 1. The molecule has 0 amide bonds. The Morgan fingerprint density at radius 1 is 1.19 bits per heavy atom. The lowest BCUT2D eigenvalue weighted by molar-refractivity contribution is 0.160. The molecule has 1 aliphatic heterocycles. The minimum Gasteiger partial charge on any atom is -0.494 e. The highest BCUT2D eigenvalue weighted by Gasteiger charge is 2.28. The second-order valence-electron chi connectivity index (χ2n) is 5.02. The van der Waals surface area contributed by atoms with Gasteiger partial charge in [0.05, 0.1) is 7.11 Å². The summed E-state index contributed by atoms with van der Waals surface area (Å²) in [6.07, 6.45) is 0.0979. The van der Waals surface area contributed by atoms with E-state index in [0.29, 0.717) is 23.3 Å². The lowest BCUT2D eigenvalue weighted by atomic mass is 9.93. The molecule has 110 valence electrons. The molecule has 0 bridgehead atoms. The number of ether oxygens (including phenoxy) is 2. The van der Waals surface area contributed by atoms with Crippen LogP contribution in [0.25, 0.3) is 0 Å². The smallest absolute Gasteiger partial charge is 0.165 e. The lowest BCUT2D eigenvalue weighted by Crippen LogP contribution is -2.24. The number of rotatable bonds is 2. The molecule has 3 nitrogen and oxygen atoms in total. The second-order valence-corrected chi connectivity index (χ2v) is 5.02. The van der Waals surface area contributed by atoms with E-state index in [1.54, 1.807) is 18.2 Å².